The average molecular weight is 335 g/mol. The van der Waals surface area contributed by atoms with E-state index >= 15 is 0 Å². The number of carbonyl (C=O) groups excluding carboxylic acids is 1. The van der Waals surface area contributed by atoms with Crippen LogP contribution in [0, 0.1) is 6.92 Å². The first kappa shape index (κ1) is 13.5. The van der Waals surface area contributed by atoms with Gasteiger partial charge in [-0.05, 0) is 30.3 Å². The summed E-state index contributed by atoms with van der Waals surface area (Å²) in [6.45, 7) is 2.59. The summed E-state index contributed by atoms with van der Waals surface area (Å²) in [5, 5.41) is 2.89. The van der Waals surface area contributed by atoms with Gasteiger partial charge in [0.15, 0.2) is 0 Å². The predicted octanol–water partition coefficient (Wildman–Crippen LogP) is 3.31. The highest BCUT2D eigenvalue weighted by Gasteiger charge is 2.06. The van der Waals surface area contributed by atoms with Gasteiger partial charge < -0.3 is 9.73 Å². The quantitative estimate of drug-likeness (QED) is 0.472. The fraction of sp³-hybridized carbons (Fsp3) is 0.583. The summed E-state index contributed by atoms with van der Waals surface area (Å²) in [5.41, 5.74) is 0.616. The zero-order valence-electron chi connectivity index (χ0n) is 9.59. The lowest BCUT2D eigenvalue weighted by Gasteiger charge is -2.02. The molecule has 0 atom stereocenters. The van der Waals surface area contributed by atoms with Crippen molar-refractivity contribution in [2.75, 3.05) is 11.0 Å². The van der Waals surface area contributed by atoms with Crippen molar-refractivity contribution in [2.45, 2.75) is 32.6 Å². The van der Waals surface area contributed by atoms with Crippen LogP contribution >= 0.6 is 22.6 Å². The van der Waals surface area contributed by atoms with Gasteiger partial charge in [0.2, 0.25) is 0 Å². The standard InChI is InChI=1S/C12H18INO2/c1-10-8-11(9-16-10)12(15)14-7-5-3-2-4-6-13/h8-9H,2-7H2,1H3,(H,14,15). The van der Waals surface area contributed by atoms with Gasteiger partial charge in [-0.3, -0.25) is 4.79 Å². The first-order valence-corrected chi connectivity index (χ1v) is 7.16. The topological polar surface area (TPSA) is 42.2 Å². The maximum absolute atomic E-state index is 11.6. The number of unbranched alkanes of at least 4 members (excludes halogenated alkanes) is 3. The number of alkyl halides is 1. The molecule has 0 aliphatic rings. The second-order valence-electron chi connectivity index (χ2n) is 3.81. The Balaban J connectivity index is 2.11. The molecule has 0 aliphatic heterocycles. The lowest BCUT2D eigenvalue weighted by molar-refractivity contribution is 0.0952. The molecule has 0 bridgehead atoms. The van der Waals surface area contributed by atoms with E-state index < -0.39 is 0 Å². The van der Waals surface area contributed by atoms with Crippen LogP contribution < -0.4 is 5.32 Å². The third-order valence-corrected chi connectivity index (χ3v) is 3.10. The van der Waals surface area contributed by atoms with Gasteiger partial charge in [-0.25, -0.2) is 0 Å². The summed E-state index contributed by atoms with van der Waals surface area (Å²) in [4.78, 5) is 11.6. The SMILES string of the molecule is Cc1cc(C(=O)NCCCCCCI)co1. The number of carbonyl (C=O) groups is 1. The number of hydrogen-bond acceptors (Lipinski definition) is 2. The summed E-state index contributed by atoms with van der Waals surface area (Å²) < 4.78 is 6.30. The van der Waals surface area contributed by atoms with Crippen molar-refractivity contribution in [3.63, 3.8) is 0 Å². The molecule has 0 saturated heterocycles. The molecule has 16 heavy (non-hydrogen) atoms. The number of amides is 1. The molecule has 1 aromatic heterocycles. The summed E-state index contributed by atoms with van der Waals surface area (Å²) >= 11 is 2.39. The Morgan fingerprint density at radius 2 is 2.12 bits per heavy atom. The molecule has 1 N–H and O–H groups in total. The largest absolute Gasteiger partial charge is 0.469 e. The normalized spacial score (nSPS) is 10.4. The van der Waals surface area contributed by atoms with Gasteiger partial charge >= 0.3 is 0 Å². The van der Waals surface area contributed by atoms with Crippen molar-refractivity contribution < 1.29 is 9.21 Å². The minimum Gasteiger partial charge on any atom is -0.469 e. The highest BCUT2D eigenvalue weighted by atomic mass is 127. The van der Waals surface area contributed by atoms with E-state index in [9.17, 15) is 4.79 Å². The van der Waals surface area contributed by atoms with Gasteiger partial charge in [-0.15, -0.1) is 0 Å². The lowest BCUT2D eigenvalue weighted by Crippen LogP contribution is -2.23. The van der Waals surface area contributed by atoms with Crippen LogP contribution in [0.15, 0.2) is 16.7 Å². The van der Waals surface area contributed by atoms with E-state index in [2.05, 4.69) is 27.9 Å². The monoisotopic (exact) mass is 335 g/mol. The van der Waals surface area contributed by atoms with Gasteiger partial charge in [-0.1, -0.05) is 35.4 Å². The van der Waals surface area contributed by atoms with Crippen LogP contribution in [0.5, 0.6) is 0 Å². The maximum atomic E-state index is 11.6. The van der Waals surface area contributed by atoms with Crippen molar-refractivity contribution in [1.29, 1.82) is 0 Å². The van der Waals surface area contributed by atoms with Crippen molar-refractivity contribution in [3.8, 4) is 0 Å². The molecule has 1 heterocycles. The third-order valence-electron chi connectivity index (χ3n) is 2.34. The molecule has 1 rings (SSSR count). The molecule has 1 amide bonds. The molecular weight excluding hydrogens is 317 g/mol. The Morgan fingerprint density at radius 3 is 2.75 bits per heavy atom. The Kier molecular flexibility index (Phi) is 6.52. The molecule has 0 saturated carbocycles. The van der Waals surface area contributed by atoms with E-state index in [1.165, 1.54) is 30.0 Å². The summed E-state index contributed by atoms with van der Waals surface area (Å²) in [6.07, 6.45) is 6.27. The molecule has 0 aliphatic carbocycles. The van der Waals surface area contributed by atoms with Crippen LogP contribution in [-0.4, -0.2) is 16.9 Å². The van der Waals surface area contributed by atoms with Gasteiger partial charge in [-0.2, -0.15) is 0 Å². The second-order valence-corrected chi connectivity index (χ2v) is 4.88. The van der Waals surface area contributed by atoms with E-state index in [1.807, 2.05) is 6.92 Å². The molecule has 0 fully saturated rings. The number of nitrogens with one attached hydrogen (secondary N) is 1. The molecule has 1 aromatic rings. The Hall–Kier alpha value is -0.520. The molecule has 3 nitrogen and oxygen atoms in total. The number of aryl methyl sites for hydroxylation is 1. The number of furan rings is 1. The fourth-order valence-corrected chi connectivity index (χ4v) is 1.98. The Labute approximate surface area is 110 Å². The third kappa shape index (κ3) is 5.01. The van der Waals surface area contributed by atoms with Crippen LogP contribution in [0.2, 0.25) is 0 Å². The van der Waals surface area contributed by atoms with Crippen molar-refractivity contribution in [3.05, 3.63) is 23.7 Å². The highest BCUT2D eigenvalue weighted by Crippen LogP contribution is 2.06. The van der Waals surface area contributed by atoms with Crippen LogP contribution in [0.4, 0.5) is 0 Å². The zero-order chi connectivity index (χ0) is 11.8. The second kappa shape index (κ2) is 7.70. The van der Waals surface area contributed by atoms with Crippen LogP contribution in [0.25, 0.3) is 0 Å². The van der Waals surface area contributed by atoms with Gasteiger partial charge in [0.25, 0.3) is 5.91 Å². The van der Waals surface area contributed by atoms with Gasteiger partial charge in [0.05, 0.1) is 5.56 Å². The van der Waals surface area contributed by atoms with E-state index in [-0.39, 0.29) is 5.91 Å². The van der Waals surface area contributed by atoms with Gasteiger partial charge in [0, 0.05) is 6.54 Å². The Morgan fingerprint density at radius 1 is 1.38 bits per heavy atom. The summed E-state index contributed by atoms with van der Waals surface area (Å²) in [6, 6.07) is 1.76. The van der Waals surface area contributed by atoms with E-state index in [4.69, 9.17) is 4.42 Å². The summed E-state index contributed by atoms with van der Waals surface area (Å²) in [7, 11) is 0. The van der Waals surface area contributed by atoms with Crippen LogP contribution in [-0.2, 0) is 0 Å². The predicted molar refractivity (Wildman–Crippen MR) is 73.1 cm³/mol. The van der Waals surface area contributed by atoms with E-state index in [0.29, 0.717) is 5.56 Å². The first-order chi connectivity index (χ1) is 7.74. The molecule has 90 valence electrons. The van der Waals surface area contributed by atoms with Gasteiger partial charge in [0.1, 0.15) is 12.0 Å². The van der Waals surface area contributed by atoms with Crippen molar-refractivity contribution in [1.82, 2.24) is 5.32 Å². The maximum Gasteiger partial charge on any atom is 0.254 e. The molecule has 0 unspecified atom stereocenters. The number of hydrogen-bond donors (Lipinski definition) is 1. The Bertz CT molecular complexity index is 323. The van der Waals surface area contributed by atoms with E-state index in [0.717, 1.165) is 18.7 Å². The van der Waals surface area contributed by atoms with Crippen molar-refractivity contribution >= 4 is 28.5 Å². The summed E-state index contributed by atoms with van der Waals surface area (Å²) in [5.74, 6) is 0.734. The highest BCUT2D eigenvalue weighted by molar-refractivity contribution is 14.1. The number of halogens is 1. The van der Waals surface area contributed by atoms with Crippen molar-refractivity contribution in [2.24, 2.45) is 0 Å². The minimum absolute atomic E-state index is 0.0364. The van der Waals surface area contributed by atoms with E-state index in [1.54, 1.807) is 6.07 Å². The van der Waals surface area contributed by atoms with Crippen LogP contribution in [0.1, 0.15) is 41.8 Å². The molecular formula is C12H18INO2. The van der Waals surface area contributed by atoms with Crippen LogP contribution in [0.3, 0.4) is 0 Å². The smallest absolute Gasteiger partial charge is 0.254 e. The molecule has 4 heteroatoms. The molecule has 0 spiro atoms. The lowest BCUT2D eigenvalue weighted by atomic mass is 10.2. The first-order valence-electron chi connectivity index (χ1n) is 5.63. The average Bonchev–Trinajstić information content (AvgIpc) is 2.70. The fourth-order valence-electron chi connectivity index (χ4n) is 1.44. The molecule has 0 aromatic carbocycles. The zero-order valence-corrected chi connectivity index (χ0v) is 11.7. The minimum atomic E-state index is -0.0364. The molecule has 0 radical (unpaired) electrons. The number of rotatable bonds is 7.